The highest BCUT2D eigenvalue weighted by Gasteiger charge is 2.15. The Hall–Kier alpha value is -1.94. The summed E-state index contributed by atoms with van der Waals surface area (Å²) in [4.78, 5) is 12.3. The number of carbonyl (C=O) groups is 1. The molecule has 0 aliphatic heterocycles. The van der Waals surface area contributed by atoms with Crippen molar-refractivity contribution in [1.29, 1.82) is 0 Å². The van der Waals surface area contributed by atoms with E-state index < -0.39 is 5.91 Å². The maximum atomic E-state index is 12.3. The van der Waals surface area contributed by atoms with Gasteiger partial charge in [0.1, 0.15) is 5.76 Å². The monoisotopic (exact) mass is 365 g/mol. The Morgan fingerprint density at radius 1 is 0.870 bits per heavy atom. The average Bonchev–Trinajstić information content (AvgIpc) is 3.02. The van der Waals surface area contributed by atoms with Crippen LogP contribution in [0, 0.1) is 0 Å². The second kappa shape index (κ2) is 6.67. The minimum atomic E-state index is -0.430. The maximum Gasteiger partial charge on any atom is 0.291 e. The molecule has 0 aliphatic carbocycles. The van der Waals surface area contributed by atoms with Gasteiger partial charge in [0.2, 0.25) is 0 Å². The summed E-state index contributed by atoms with van der Waals surface area (Å²) < 4.78 is 5.58. The molecule has 0 saturated heterocycles. The number of halogens is 3. The van der Waals surface area contributed by atoms with Crippen LogP contribution in [-0.2, 0) is 0 Å². The third-order valence-corrected chi connectivity index (χ3v) is 4.04. The zero-order valence-electron chi connectivity index (χ0n) is 11.6. The van der Waals surface area contributed by atoms with E-state index in [2.05, 4.69) is 5.32 Å². The number of para-hydroxylation sites is 1. The van der Waals surface area contributed by atoms with Crippen molar-refractivity contribution in [3.8, 4) is 11.3 Å². The molecule has 1 aromatic heterocycles. The van der Waals surface area contributed by atoms with Gasteiger partial charge in [-0.05, 0) is 48.5 Å². The fraction of sp³-hybridized carbons (Fsp3) is 0. The molecule has 0 saturated carbocycles. The molecule has 0 aliphatic rings. The summed E-state index contributed by atoms with van der Waals surface area (Å²) in [7, 11) is 0. The van der Waals surface area contributed by atoms with Crippen LogP contribution in [-0.4, -0.2) is 5.91 Å². The first-order valence-electron chi connectivity index (χ1n) is 6.66. The van der Waals surface area contributed by atoms with Gasteiger partial charge in [0.05, 0.1) is 15.7 Å². The molecule has 6 heteroatoms. The molecule has 3 nitrogen and oxygen atoms in total. The fourth-order valence-corrected chi connectivity index (χ4v) is 2.64. The van der Waals surface area contributed by atoms with Gasteiger partial charge in [-0.3, -0.25) is 4.79 Å². The molecule has 3 aromatic rings. The Morgan fingerprint density at radius 3 is 2.17 bits per heavy atom. The summed E-state index contributed by atoms with van der Waals surface area (Å²) in [5.41, 5.74) is 1.18. The molecule has 0 spiro atoms. The van der Waals surface area contributed by atoms with Crippen LogP contribution in [0.2, 0.25) is 15.1 Å². The van der Waals surface area contributed by atoms with Gasteiger partial charge in [-0.1, -0.05) is 40.9 Å². The van der Waals surface area contributed by atoms with Gasteiger partial charge < -0.3 is 9.73 Å². The molecule has 0 atom stereocenters. The number of anilines is 1. The number of nitrogens with one attached hydrogen (secondary N) is 1. The van der Waals surface area contributed by atoms with Gasteiger partial charge in [0.15, 0.2) is 5.76 Å². The number of rotatable bonds is 3. The van der Waals surface area contributed by atoms with Crippen molar-refractivity contribution in [3.05, 3.63) is 75.4 Å². The van der Waals surface area contributed by atoms with E-state index in [0.29, 0.717) is 26.5 Å². The first-order chi connectivity index (χ1) is 11.0. The fourth-order valence-electron chi connectivity index (χ4n) is 2.02. The Bertz CT molecular complexity index is 836. The van der Waals surface area contributed by atoms with Crippen LogP contribution in [0.5, 0.6) is 0 Å². The highest BCUT2D eigenvalue weighted by Crippen LogP contribution is 2.31. The highest BCUT2D eigenvalue weighted by molar-refractivity contribution is 6.40. The molecule has 0 unspecified atom stereocenters. The van der Waals surface area contributed by atoms with Crippen molar-refractivity contribution in [2.45, 2.75) is 0 Å². The minimum absolute atomic E-state index is 0.158. The number of benzene rings is 2. The smallest absolute Gasteiger partial charge is 0.291 e. The molecule has 0 bridgehead atoms. The number of carbonyl (C=O) groups excluding carboxylic acids is 1. The second-order valence-corrected chi connectivity index (χ2v) is 5.97. The summed E-state index contributed by atoms with van der Waals surface area (Å²) in [6, 6.07) is 15.4. The zero-order chi connectivity index (χ0) is 16.4. The largest absolute Gasteiger partial charge is 0.451 e. The van der Waals surface area contributed by atoms with E-state index in [1.54, 1.807) is 42.5 Å². The molecule has 2 aromatic carbocycles. The normalized spacial score (nSPS) is 10.6. The Labute approximate surface area is 147 Å². The van der Waals surface area contributed by atoms with Crippen LogP contribution in [0.3, 0.4) is 0 Å². The lowest BCUT2D eigenvalue weighted by atomic mass is 10.2. The predicted octanol–water partition coefficient (Wildman–Crippen LogP) is 6.16. The van der Waals surface area contributed by atoms with Crippen molar-refractivity contribution in [2.24, 2.45) is 0 Å². The summed E-state index contributed by atoms with van der Waals surface area (Å²) in [6.07, 6.45) is 0. The van der Waals surface area contributed by atoms with E-state index in [-0.39, 0.29) is 5.76 Å². The molecule has 1 amide bonds. The summed E-state index contributed by atoms with van der Waals surface area (Å²) >= 11 is 17.9. The molecule has 116 valence electrons. The molecule has 3 rings (SSSR count). The van der Waals surface area contributed by atoms with E-state index in [4.69, 9.17) is 39.2 Å². The molecule has 1 heterocycles. The lowest BCUT2D eigenvalue weighted by molar-refractivity contribution is 0.0997. The molecular weight excluding hydrogens is 357 g/mol. The zero-order valence-corrected chi connectivity index (χ0v) is 13.9. The van der Waals surface area contributed by atoms with E-state index >= 15 is 0 Å². The van der Waals surface area contributed by atoms with Gasteiger partial charge >= 0.3 is 0 Å². The molecular formula is C17H10Cl3NO2. The number of hydrogen-bond donors (Lipinski definition) is 1. The van der Waals surface area contributed by atoms with Crippen LogP contribution in [0.15, 0.2) is 59.0 Å². The van der Waals surface area contributed by atoms with Gasteiger partial charge in [0.25, 0.3) is 5.91 Å². The van der Waals surface area contributed by atoms with Crippen LogP contribution in [0.4, 0.5) is 5.69 Å². The van der Waals surface area contributed by atoms with Crippen molar-refractivity contribution >= 4 is 46.4 Å². The number of furan rings is 1. The standard InChI is InChI=1S/C17H10Cl3NO2/c18-11-6-4-10(5-7-11)14-8-9-15(23-14)17(22)21-16-12(19)2-1-3-13(16)20/h1-9H,(H,21,22). The Kier molecular flexibility index (Phi) is 4.62. The van der Waals surface area contributed by atoms with Gasteiger partial charge in [-0.25, -0.2) is 0 Å². The van der Waals surface area contributed by atoms with Gasteiger partial charge in [-0.2, -0.15) is 0 Å². The Morgan fingerprint density at radius 2 is 1.52 bits per heavy atom. The highest BCUT2D eigenvalue weighted by atomic mass is 35.5. The van der Waals surface area contributed by atoms with E-state index in [0.717, 1.165) is 5.56 Å². The van der Waals surface area contributed by atoms with Gasteiger partial charge in [-0.15, -0.1) is 0 Å². The molecule has 1 N–H and O–H groups in total. The van der Waals surface area contributed by atoms with Crippen molar-refractivity contribution in [1.82, 2.24) is 0 Å². The summed E-state index contributed by atoms with van der Waals surface area (Å²) in [5.74, 6) is 0.295. The molecule has 23 heavy (non-hydrogen) atoms. The summed E-state index contributed by atoms with van der Waals surface area (Å²) in [6.45, 7) is 0. The molecule has 0 radical (unpaired) electrons. The predicted molar refractivity (Wildman–Crippen MR) is 93.6 cm³/mol. The number of hydrogen-bond acceptors (Lipinski definition) is 2. The van der Waals surface area contributed by atoms with Gasteiger partial charge in [0, 0.05) is 10.6 Å². The first kappa shape index (κ1) is 15.9. The van der Waals surface area contributed by atoms with E-state index in [9.17, 15) is 4.79 Å². The maximum absolute atomic E-state index is 12.3. The second-order valence-electron chi connectivity index (χ2n) is 4.72. The quantitative estimate of drug-likeness (QED) is 0.603. The van der Waals surface area contributed by atoms with Crippen molar-refractivity contribution in [3.63, 3.8) is 0 Å². The van der Waals surface area contributed by atoms with Crippen LogP contribution < -0.4 is 5.32 Å². The van der Waals surface area contributed by atoms with Crippen LogP contribution in [0.1, 0.15) is 10.6 Å². The van der Waals surface area contributed by atoms with E-state index in [1.807, 2.05) is 12.1 Å². The third-order valence-electron chi connectivity index (χ3n) is 3.16. The minimum Gasteiger partial charge on any atom is -0.451 e. The van der Waals surface area contributed by atoms with Crippen LogP contribution in [0.25, 0.3) is 11.3 Å². The average molecular weight is 367 g/mol. The Balaban J connectivity index is 1.83. The first-order valence-corrected chi connectivity index (χ1v) is 7.79. The number of amides is 1. The SMILES string of the molecule is O=C(Nc1c(Cl)cccc1Cl)c1ccc(-c2ccc(Cl)cc2)o1. The van der Waals surface area contributed by atoms with E-state index in [1.165, 1.54) is 0 Å². The topological polar surface area (TPSA) is 42.2 Å². The lowest BCUT2D eigenvalue weighted by Crippen LogP contribution is -2.11. The lowest BCUT2D eigenvalue weighted by Gasteiger charge is -2.07. The third kappa shape index (κ3) is 3.53. The van der Waals surface area contributed by atoms with Crippen LogP contribution >= 0.6 is 34.8 Å². The van der Waals surface area contributed by atoms with Crippen molar-refractivity contribution < 1.29 is 9.21 Å². The van der Waals surface area contributed by atoms with Crippen molar-refractivity contribution in [2.75, 3.05) is 5.32 Å². The molecule has 0 fully saturated rings. The summed E-state index contributed by atoms with van der Waals surface area (Å²) in [5, 5.41) is 4.00.